The lowest BCUT2D eigenvalue weighted by Gasteiger charge is -2.22. The first-order valence-corrected chi connectivity index (χ1v) is 7.17. The number of nitrogens with zero attached hydrogens (tertiary/aromatic N) is 1. The molecule has 1 heterocycles. The fourth-order valence-corrected chi connectivity index (χ4v) is 2.91. The van der Waals surface area contributed by atoms with Crippen LogP contribution < -0.4 is 10.6 Å². The summed E-state index contributed by atoms with van der Waals surface area (Å²) in [7, 11) is 0. The van der Waals surface area contributed by atoms with Crippen LogP contribution in [0.4, 0.5) is 5.69 Å². The summed E-state index contributed by atoms with van der Waals surface area (Å²) in [5.41, 5.74) is 7.60. The Bertz CT molecular complexity index is 456. The molecule has 1 aliphatic rings. The van der Waals surface area contributed by atoms with Crippen LogP contribution in [-0.4, -0.2) is 18.9 Å². The molecule has 0 bridgehead atoms. The van der Waals surface area contributed by atoms with E-state index in [1.54, 1.807) is 0 Å². The predicted octanol–water partition coefficient (Wildman–Crippen LogP) is 3.22. The number of nitrogens with one attached hydrogen (secondary N) is 1. The molecule has 1 aliphatic heterocycles. The van der Waals surface area contributed by atoms with Crippen molar-refractivity contribution < 1.29 is 0 Å². The summed E-state index contributed by atoms with van der Waals surface area (Å²) in [6.45, 7) is 6.69. The zero-order valence-electron chi connectivity index (χ0n) is 10.9. The smallest absolute Gasteiger partial charge is 0.124 e. The second-order valence-corrected chi connectivity index (χ2v) is 6.23. The summed E-state index contributed by atoms with van der Waals surface area (Å²) in [6.07, 6.45) is 1.23. The minimum absolute atomic E-state index is 0.138. The lowest BCUT2D eigenvalue weighted by atomic mass is 9.95. The SMILES string of the molecule is CC(C)C1CCN(c2ccc(Br)cc2C(=N)N)C1. The number of benzene rings is 1. The average Bonchev–Trinajstić information content (AvgIpc) is 2.78. The van der Waals surface area contributed by atoms with Crippen molar-refractivity contribution in [3.05, 3.63) is 28.2 Å². The highest BCUT2D eigenvalue weighted by atomic mass is 79.9. The molecule has 1 unspecified atom stereocenters. The molecule has 0 aliphatic carbocycles. The van der Waals surface area contributed by atoms with Gasteiger partial charge in [0.2, 0.25) is 0 Å². The summed E-state index contributed by atoms with van der Waals surface area (Å²) in [6, 6.07) is 6.01. The van der Waals surface area contributed by atoms with Crippen molar-refractivity contribution in [2.45, 2.75) is 20.3 Å². The van der Waals surface area contributed by atoms with Crippen LogP contribution in [0.1, 0.15) is 25.8 Å². The molecule has 1 saturated heterocycles. The van der Waals surface area contributed by atoms with Crippen LogP contribution >= 0.6 is 15.9 Å². The summed E-state index contributed by atoms with van der Waals surface area (Å²) in [5, 5.41) is 7.70. The van der Waals surface area contributed by atoms with Gasteiger partial charge in [-0.05, 0) is 36.5 Å². The maximum Gasteiger partial charge on any atom is 0.124 e. The maximum absolute atomic E-state index is 7.70. The molecule has 0 aromatic heterocycles. The van der Waals surface area contributed by atoms with Gasteiger partial charge >= 0.3 is 0 Å². The third kappa shape index (κ3) is 2.69. The normalized spacial score (nSPS) is 19.6. The number of nitrogen functional groups attached to an aromatic ring is 1. The molecular weight excluding hydrogens is 290 g/mol. The van der Waals surface area contributed by atoms with Gasteiger partial charge in [0.25, 0.3) is 0 Å². The van der Waals surface area contributed by atoms with Gasteiger partial charge in [0.15, 0.2) is 0 Å². The molecule has 98 valence electrons. The third-order valence-electron chi connectivity index (χ3n) is 3.76. The molecule has 1 aromatic carbocycles. The van der Waals surface area contributed by atoms with Crippen LogP contribution in [-0.2, 0) is 0 Å². The van der Waals surface area contributed by atoms with E-state index in [-0.39, 0.29) is 5.84 Å². The molecule has 1 fully saturated rings. The molecule has 0 spiro atoms. The molecule has 1 atom stereocenters. The minimum atomic E-state index is 0.138. The lowest BCUT2D eigenvalue weighted by Crippen LogP contribution is -2.25. The molecule has 3 nitrogen and oxygen atoms in total. The number of amidine groups is 1. The number of anilines is 1. The lowest BCUT2D eigenvalue weighted by molar-refractivity contribution is 0.423. The summed E-state index contributed by atoms with van der Waals surface area (Å²) < 4.78 is 0.969. The highest BCUT2D eigenvalue weighted by Crippen LogP contribution is 2.31. The molecule has 2 rings (SSSR count). The molecule has 3 N–H and O–H groups in total. The highest BCUT2D eigenvalue weighted by molar-refractivity contribution is 9.10. The van der Waals surface area contributed by atoms with E-state index in [1.807, 2.05) is 12.1 Å². The van der Waals surface area contributed by atoms with Gasteiger partial charge in [-0.1, -0.05) is 29.8 Å². The van der Waals surface area contributed by atoms with Crippen LogP contribution in [0.15, 0.2) is 22.7 Å². The van der Waals surface area contributed by atoms with E-state index in [2.05, 4.69) is 40.7 Å². The van der Waals surface area contributed by atoms with E-state index >= 15 is 0 Å². The minimum Gasteiger partial charge on any atom is -0.384 e. The fourth-order valence-electron chi connectivity index (χ4n) is 2.55. The van der Waals surface area contributed by atoms with E-state index in [1.165, 1.54) is 6.42 Å². The number of hydrogen-bond donors (Lipinski definition) is 2. The van der Waals surface area contributed by atoms with Gasteiger partial charge in [-0.2, -0.15) is 0 Å². The quantitative estimate of drug-likeness (QED) is 0.665. The van der Waals surface area contributed by atoms with Crippen molar-refractivity contribution in [1.29, 1.82) is 5.41 Å². The van der Waals surface area contributed by atoms with Crippen molar-refractivity contribution in [2.75, 3.05) is 18.0 Å². The number of halogens is 1. The molecule has 1 aromatic rings. The van der Waals surface area contributed by atoms with Gasteiger partial charge in [0.05, 0.1) is 0 Å². The van der Waals surface area contributed by atoms with Crippen molar-refractivity contribution in [3.63, 3.8) is 0 Å². The average molecular weight is 310 g/mol. The van der Waals surface area contributed by atoms with Crippen LogP contribution in [0.25, 0.3) is 0 Å². The molecule has 0 saturated carbocycles. The number of hydrogen-bond acceptors (Lipinski definition) is 2. The van der Waals surface area contributed by atoms with E-state index in [0.29, 0.717) is 5.92 Å². The van der Waals surface area contributed by atoms with Crippen LogP contribution in [0.3, 0.4) is 0 Å². The van der Waals surface area contributed by atoms with Crippen molar-refractivity contribution in [1.82, 2.24) is 0 Å². The van der Waals surface area contributed by atoms with Gasteiger partial charge in [-0.25, -0.2) is 0 Å². The van der Waals surface area contributed by atoms with E-state index in [4.69, 9.17) is 11.1 Å². The number of nitrogens with two attached hydrogens (primary N) is 1. The van der Waals surface area contributed by atoms with Crippen molar-refractivity contribution in [3.8, 4) is 0 Å². The monoisotopic (exact) mass is 309 g/mol. The van der Waals surface area contributed by atoms with Crippen LogP contribution in [0.2, 0.25) is 0 Å². The second-order valence-electron chi connectivity index (χ2n) is 5.31. The molecular formula is C14H20BrN3. The molecule has 0 radical (unpaired) electrons. The Hall–Kier alpha value is -1.03. The zero-order valence-corrected chi connectivity index (χ0v) is 12.5. The van der Waals surface area contributed by atoms with Crippen molar-refractivity contribution in [2.24, 2.45) is 17.6 Å². The number of rotatable bonds is 3. The second kappa shape index (κ2) is 5.31. The molecule has 4 heteroatoms. The molecule has 18 heavy (non-hydrogen) atoms. The van der Waals surface area contributed by atoms with Gasteiger partial charge < -0.3 is 10.6 Å². The van der Waals surface area contributed by atoms with Crippen LogP contribution in [0.5, 0.6) is 0 Å². The maximum atomic E-state index is 7.70. The highest BCUT2D eigenvalue weighted by Gasteiger charge is 2.26. The fraction of sp³-hybridized carbons (Fsp3) is 0.500. The Morgan fingerprint density at radius 2 is 2.22 bits per heavy atom. The van der Waals surface area contributed by atoms with Gasteiger partial charge in [0.1, 0.15) is 5.84 Å². The summed E-state index contributed by atoms with van der Waals surface area (Å²) >= 11 is 3.44. The molecule has 0 amide bonds. The standard InChI is InChI=1S/C14H20BrN3/c1-9(2)10-5-6-18(8-10)13-4-3-11(15)7-12(13)14(16)17/h3-4,7,9-10H,5-6,8H2,1-2H3,(H3,16,17). The van der Waals surface area contributed by atoms with E-state index < -0.39 is 0 Å². The zero-order chi connectivity index (χ0) is 13.3. The first-order valence-electron chi connectivity index (χ1n) is 6.38. The third-order valence-corrected chi connectivity index (χ3v) is 4.25. The Labute approximate surface area is 117 Å². The Balaban J connectivity index is 2.27. The Morgan fingerprint density at radius 1 is 1.50 bits per heavy atom. The van der Waals surface area contributed by atoms with Gasteiger partial charge in [-0.3, -0.25) is 5.41 Å². The summed E-state index contributed by atoms with van der Waals surface area (Å²) in [5.74, 6) is 1.60. The van der Waals surface area contributed by atoms with E-state index in [0.717, 1.165) is 34.7 Å². The first kappa shape index (κ1) is 13.4. The van der Waals surface area contributed by atoms with Gasteiger partial charge in [0, 0.05) is 28.8 Å². The topological polar surface area (TPSA) is 53.1 Å². The Morgan fingerprint density at radius 3 is 2.78 bits per heavy atom. The largest absolute Gasteiger partial charge is 0.384 e. The summed E-state index contributed by atoms with van der Waals surface area (Å²) in [4.78, 5) is 2.36. The predicted molar refractivity (Wildman–Crippen MR) is 80.3 cm³/mol. The van der Waals surface area contributed by atoms with Crippen molar-refractivity contribution >= 4 is 27.5 Å². The Kier molecular flexibility index (Phi) is 3.95. The van der Waals surface area contributed by atoms with E-state index in [9.17, 15) is 0 Å². The first-order chi connectivity index (χ1) is 8.49. The van der Waals surface area contributed by atoms with Crippen LogP contribution in [0, 0.1) is 17.2 Å². The van der Waals surface area contributed by atoms with Gasteiger partial charge in [-0.15, -0.1) is 0 Å².